The van der Waals surface area contributed by atoms with Crippen LogP contribution in [0, 0.1) is 6.92 Å². The first-order chi connectivity index (χ1) is 10.1. The molecule has 0 saturated heterocycles. The van der Waals surface area contributed by atoms with E-state index in [1.807, 2.05) is 25.1 Å². The highest BCUT2D eigenvalue weighted by Crippen LogP contribution is 2.21. The fraction of sp³-hybridized carbons (Fsp3) is 0.500. The Balaban J connectivity index is 2.14. The SMILES string of the molecule is CCCNc1cc(NC(C)c2ccc(C)o2)nc(CC)n1. The van der Waals surface area contributed by atoms with E-state index in [9.17, 15) is 0 Å². The molecule has 5 nitrogen and oxygen atoms in total. The Morgan fingerprint density at radius 2 is 1.95 bits per heavy atom. The van der Waals surface area contributed by atoms with E-state index in [2.05, 4.69) is 41.4 Å². The van der Waals surface area contributed by atoms with Crippen LogP contribution in [0.1, 0.15) is 50.6 Å². The van der Waals surface area contributed by atoms with E-state index in [0.717, 1.165) is 48.4 Å². The van der Waals surface area contributed by atoms with Gasteiger partial charge in [0.25, 0.3) is 0 Å². The summed E-state index contributed by atoms with van der Waals surface area (Å²) < 4.78 is 5.65. The molecule has 0 aliphatic carbocycles. The average Bonchev–Trinajstić information content (AvgIpc) is 2.91. The van der Waals surface area contributed by atoms with Gasteiger partial charge in [0.2, 0.25) is 0 Å². The second kappa shape index (κ2) is 7.11. The maximum Gasteiger partial charge on any atom is 0.132 e. The van der Waals surface area contributed by atoms with Gasteiger partial charge in [-0.25, -0.2) is 9.97 Å². The molecule has 114 valence electrons. The molecule has 21 heavy (non-hydrogen) atoms. The van der Waals surface area contributed by atoms with Gasteiger partial charge in [0.05, 0.1) is 6.04 Å². The molecule has 0 radical (unpaired) electrons. The fourth-order valence-corrected chi connectivity index (χ4v) is 2.05. The number of anilines is 2. The molecule has 0 aliphatic rings. The van der Waals surface area contributed by atoms with Gasteiger partial charge in [0.15, 0.2) is 0 Å². The molecular formula is C16H24N4O. The van der Waals surface area contributed by atoms with Crippen molar-refractivity contribution < 1.29 is 4.42 Å². The molecule has 0 fully saturated rings. The van der Waals surface area contributed by atoms with E-state index in [1.165, 1.54) is 0 Å². The number of aromatic nitrogens is 2. The van der Waals surface area contributed by atoms with E-state index in [-0.39, 0.29) is 6.04 Å². The summed E-state index contributed by atoms with van der Waals surface area (Å²) in [4.78, 5) is 9.02. The third kappa shape index (κ3) is 4.21. The van der Waals surface area contributed by atoms with Gasteiger partial charge in [-0.05, 0) is 32.4 Å². The number of hydrogen-bond donors (Lipinski definition) is 2. The maximum atomic E-state index is 5.65. The van der Waals surface area contributed by atoms with Crippen LogP contribution in [0.15, 0.2) is 22.6 Å². The van der Waals surface area contributed by atoms with Gasteiger partial charge in [-0.3, -0.25) is 0 Å². The summed E-state index contributed by atoms with van der Waals surface area (Å²) in [7, 11) is 0. The smallest absolute Gasteiger partial charge is 0.132 e. The lowest BCUT2D eigenvalue weighted by Crippen LogP contribution is -2.11. The largest absolute Gasteiger partial charge is 0.464 e. The topological polar surface area (TPSA) is 63.0 Å². The Hall–Kier alpha value is -2.04. The molecule has 5 heteroatoms. The second-order valence-corrected chi connectivity index (χ2v) is 5.15. The summed E-state index contributed by atoms with van der Waals surface area (Å²) in [5, 5.41) is 6.69. The molecule has 2 aromatic rings. The van der Waals surface area contributed by atoms with Crippen molar-refractivity contribution in [1.29, 1.82) is 0 Å². The highest BCUT2D eigenvalue weighted by atomic mass is 16.3. The molecule has 2 heterocycles. The van der Waals surface area contributed by atoms with Crippen LogP contribution >= 0.6 is 0 Å². The predicted octanol–water partition coefficient (Wildman–Crippen LogP) is 3.94. The first-order valence-electron chi connectivity index (χ1n) is 7.57. The summed E-state index contributed by atoms with van der Waals surface area (Å²) in [6, 6.07) is 5.98. The van der Waals surface area contributed by atoms with Crippen molar-refractivity contribution in [2.75, 3.05) is 17.2 Å². The predicted molar refractivity (Wildman–Crippen MR) is 85.7 cm³/mol. The third-order valence-electron chi connectivity index (χ3n) is 3.20. The first kappa shape index (κ1) is 15.4. The Bertz CT molecular complexity index is 579. The molecule has 1 atom stereocenters. The highest BCUT2D eigenvalue weighted by Gasteiger charge is 2.11. The Kier molecular flexibility index (Phi) is 5.20. The zero-order chi connectivity index (χ0) is 15.2. The van der Waals surface area contributed by atoms with E-state index in [1.54, 1.807) is 0 Å². The van der Waals surface area contributed by atoms with Gasteiger partial charge in [-0.1, -0.05) is 13.8 Å². The number of rotatable bonds is 7. The van der Waals surface area contributed by atoms with Crippen molar-refractivity contribution in [3.63, 3.8) is 0 Å². The van der Waals surface area contributed by atoms with E-state index in [4.69, 9.17) is 4.42 Å². The van der Waals surface area contributed by atoms with Gasteiger partial charge in [0.1, 0.15) is 29.0 Å². The molecule has 0 saturated carbocycles. The van der Waals surface area contributed by atoms with Crippen LogP contribution in [-0.2, 0) is 6.42 Å². The van der Waals surface area contributed by atoms with Crippen LogP contribution in [0.2, 0.25) is 0 Å². The second-order valence-electron chi connectivity index (χ2n) is 5.15. The summed E-state index contributed by atoms with van der Waals surface area (Å²) in [5.74, 6) is 4.35. The summed E-state index contributed by atoms with van der Waals surface area (Å²) in [6.45, 7) is 9.11. The molecule has 2 aromatic heterocycles. The van der Waals surface area contributed by atoms with Crippen LogP contribution in [0.4, 0.5) is 11.6 Å². The molecule has 0 spiro atoms. The normalized spacial score (nSPS) is 12.2. The van der Waals surface area contributed by atoms with Crippen molar-refractivity contribution in [3.05, 3.63) is 35.5 Å². The number of furan rings is 1. The average molecular weight is 288 g/mol. The minimum absolute atomic E-state index is 0.0670. The Morgan fingerprint density at radius 3 is 2.57 bits per heavy atom. The lowest BCUT2D eigenvalue weighted by Gasteiger charge is -2.14. The van der Waals surface area contributed by atoms with E-state index >= 15 is 0 Å². The van der Waals surface area contributed by atoms with Gasteiger partial charge >= 0.3 is 0 Å². The minimum Gasteiger partial charge on any atom is -0.464 e. The molecule has 1 unspecified atom stereocenters. The molecule has 0 aromatic carbocycles. The number of hydrogen-bond acceptors (Lipinski definition) is 5. The van der Waals surface area contributed by atoms with Gasteiger partial charge < -0.3 is 15.1 Å². The summed E-state index contributed by atoms with van der Waals surface area (Å²) in [5.41, 5.74) is 0. The van der Waals surface area contributed by atoms with Crippen LogP contribution in [0.5, 0.6) is 0 Å². The lowest BCUT2D eigenvalue weighted by atomic mass is 10.2. The van der Waals surface area contributed by atoms with Crippen LogP contribution in [0.3, 0.4) is 0 Å². The molecule has 2 rings (SSSR count). The molecular weight excluding hydrogens is 264 g/mol. The Labute approximate surface area is 126 Å². The molecule has 2 N–H and O–H groups in total. The quantitative estimate of drug-likeness (QED) is 0.808. The van der Waals surface area contributed by atoms with Crippen LogP contribution in [0.25, 0.3) is 0 Å². The zero-order valence-corrected chi connectivity index (χ0v) is 13.2. The lowest BCUT2D eigenvalue weighted by molar-refractivity contribution is 0.466. The maximum absolute atomic E-state index is 5.65. The Morgan fingerprint density at radius 1 is 1.19 bits per heavy atom. The van der Waals surface area contributed by atoms with E-state index in [0.29, 0.717) is 0 Å². The zero-order valence-electron chi connectivity index (χ0n) is 13.2. The van der Waals surface area contributed by atoms with Gasteiger partial charge in [-0.15, -0.1) is 0 Å². The fourth-order valence-electron chi connectivity index (χ4n) is 2.05. The third-order valence-corrected chi connectivity index (χ3v) is 3.20. The number of nitrogens with one attached hydrogen (secondary N) is 2. The number of aryl methyl sites for hydroxylation is 2. The summed E-state index contributed by atoms with van der Waals surface area (Å²) in [6.07, 6.45) is 1.88. The standard InChI is InChI=1S/C16H24N4O/c1-5-9-17-15-10-16(20-14(6-2)19-15)18-12(4)13-8-7-11(3)21-13/h7-8,10,12H,5-6,9H2,1-4H3,(H2,17,18,19,20). The first-order valence-corrected chi connectivity index (χ1v) is 7.57. The van der Waals surface area contributed by atoms with Crippen molar-refractivity contribution in [2.24, 2.45) is 0 Å². The van der Waals surface area contributed by atoms with Crippen molar-refractivity contribution in [3.8, 4) is 0 Å². The monoisotopic (exact) mass is 288 g/mol. The molecule has 0 amide bonds. The highest BCUT2D eigenvalue weighted by molar-refractivity contribution is 5.48. The number of nitrogens with zero attached hydrogens (tertiary/aromatic N) is 2. The minimum atomic E-state index is 0.0670. The van der Waals surface area contributed by atoms with Crippen molar-refractivity contribution in [1.82, 2.24) is 9.97 Å². The van der Waals surface area contributed by atoms with Crippen molar-refractivity contribution >= 4 is 11.6 Å². The van der Waals surface area contributed by atoms with Gasteiger partial charge in [0, 0.05) is 19.0 Å². The van der Waals surface area contributed by atoms with Crippen molar-refractivity contribution in [2.45, 2.75) is 46.6 Å². The van der Waals surface area contributed by atoms with Crippen LogP contribution < -0.4 is 10.6 Å². The molecule has 0 bridgehead atoms. The molecule has 0 aliphatic heterocycles. The van der Waals surface area contributed by atoms with Gasteiger partial charge in [-0.2, -0.15) is 0 Å². The summed E-state index contributed by atoms with van der Waals surface area (Å²) >= 11 is 0. The van der Waals surface area contributed by atoms with Crippen LogP contribution in [-0.4, -0.2) is 16.5 Å². The van der Waals surface area contributed by atoms with E-state index < -0.39 is 0 Å².